The molecule has 0 radical (unpaired) electrons. The average molecular weight is 423 g/mol. The van der Waals surface area contributed by atoms with E-state index < -0.39 is 0 Å². The summed E-state index contributed by atoms with van der Waals surface area (Å²) < 4.78 is 1.84. The van der Waals surface area contributed by atoms with E-state index in [0.29, 0.717) is 23.4 Å². The van der Waals surface area contributed by atoms with Crippen molar-refractivity contribution in [2.24, 2.45) is 4.99 Å². The second-order valence-electron chi connectivity index (χ2n) is 7.96. The number of nitrogens with one attached hydrogen (secondary N) is 2. The van der Waals surface area contributed by atoms with Crippen LogP contribution in [0.2, 0.25) is 0 Å². The number of nitrogens with zero attached hydrogens (tertiary/aromatic N) is 6. The van der Waals surface area contributed by atoms with Crippen LogP contribution in [0.4, 0.5) is 5.82 Å². The maximum atomic E-state index is 10.6. The lowest BCUT2D eigenvalue weighted by molar-refractivity contribution is 0.288. The molecule has 0 bridgehead atoms. The van der Waals surface area contributed by atoms with Gasteiger partial charge in [-0.1, -0.05) is 0 Å². The highest BCUT2D eigenvalue weighted by Gasteiger charge is 2.20. The predicted molar refractivity (Wildman–Crippen MR) is 122 cm³/mol. The summed E-state index contributed by atoms with van der Waals surface area (Å²) in [7, 11) is 2.09. The van der Waals surface area contributed by atoms with Crippen molar-refractivity contribution >= 4 is 11.7 Å². The number of amidine groups is 1. The van der Waals surface area contributed by atoms with E-state index in [1.165, 1.54) is 0 Å². The Bertz CT molecular complexity index is 1080. The van der Waals surface area contributed by atoms with Crippen molar-refractivity contribution in [3.05, 3.63) is 30.4 Å². The molecule has 1 fully saturated rings. The van der Waals surface area contributed by atoms with E-state index >= 15 is 0 Å². The number of hydrogen-bond donors (Lipinski definition) is 3. The van der Waals surface area contributed by atoms with Gasteiger partial charge in [0, 0.05) is 43.2 Å². The lowest BCUT2D eigenvalue weighted by Gasteiger charge is -2.32. The minimum absolute atomic E-state index is 0.0644. The molecule has 4 heterocycles. The van der Waals surface area contributed by atoms with Crippen molar-refractivity contribution in [3.8, 4) is 28.4 Å². The number of hydrogen-bond acceptors (Lipinski definition) is 6. The number of imidazole rings is 1. The van der Waals surface area contributed by atoms with Crippen LogP contribution in [0.15, 0.2) is 29.6 Å². The highest BCUT2D eigenvalue weighted by molar-refractivity contribution is 5.82. The summed E-state index contributed by atoms with van der Waals surface area (Å²) in [6, 6.07) is 2.18. The highest BCUT2D eigenvalue weighted by Crippen LogP contribution is 2.31. The van der Waals surface area contributed by atoms with Gasteiger partial charge in [0.1, 0.15) is 17.3 Å². The fourth-order valence-corrected chi connectivity index (χ4v) is 3.84. The Kier molecular flexibility index (Phi) is 6.03. The van der Waals surface area contributed by atoms with Crippen LogP contribution in [0.25, 0.3) is 22.6 Å². The van der Waals surface area contributed by atoms with Crippen molar-refractivity contribution < 1.29 is 5.11 Å². The van der Waals surface area contributed by atoms with Gasteiger partial charge in [0.05, 0.1) is 11.9 Å². The van der Waals surface area contributed by atoms with E-state index in [2.05, 4.69) is 37.3 Å². The smallest absolute Gasteiger partial charge is 0.175 e. The highest BCUT2D eigenvalue weighted by atomic mass is 16.3. The zero-order chi connectivity index (χ0) is 22.0. The molecule has 3 N–H and O–H groups in total. The molecule has 0 atom stereocenters. The van der Waals surface area contributed by atoms with Crippen LogP contribution in [0.5, 0.6) is 5.75 Å². The molecule has 164 valence electrons. The summed E-state index contributed by atoms with van der Waals surface area (Å²) in [5.41, 5.74) is 2.96. The van der Waals surface area contributed by atoms with Crippen molar-refractivity contribution in [1.29, 1.82) is 0 Å². The summed E-state index contributed by atoms with van der Waals surface area (Å²) >= 11 is 0. The standard InChI is InChI=1S/C22H30N8O/c1-5-30-13-17(12-25-30)16-10-19(31)20(24-11-16)22-26-14(2)21(28-22)27-15(3)29(4)18-6-8-23-9-7-18/h10-13,18,23,31H,5-9H2,1-4H3,(H,26,28)/b27-15+. The minimum atomic E-state index is 0.0644. The zero-order valence-electron chi connectivity index (χ0n) is 18.6. The van der Waals surface area contributed by atoms with Crippen molar-refractivity contribution in [2.45, 2.75) is 46.2 Å². The molecular weight excluding hydrogens is 392 g/mol. The maximum Gasteiger partial charge on any atom is 0.175 e. The number of rotatable bonds is 5. The first kappa shape index (κ1) is 21.0. The fraction of sp³-hybridized carbons (Fsp3) is 0.455. The molecule has 9 nitrogen and oxygen atoms in total. The SMILES string of the molecule is CCn1cc(-c2cnc(-c3nc(/N=C(\C)N(C)C4CCNCC4)c(C)[nH]3)c(O)c2)cn1. The average Bonchev–Trinajstić information content (AvgIpc) is 3.40. The quantitative estimate of drug-likeness (QED) is 0.431. The van der Waals surface area contributed by atoms with E-state index in [1.807, 2.05) is 31.6 Å². The van der Waals surface area contributed by atoms with E-state index in [4.69, 9.17) is 4.99 Å². The Hall–Kier alpha value is -3.20. The Morgan fingerprint density at radius 2 is 2.06 bits per heavy atom. The van der Waals surface area contributed by atoms with Crippen molar-refractivity contribution in [1.82, 2.24) is 34.9 Å². The van der Waals surface area contributed by atoms with Gasteiger partial charge in [-0.15, -0.1) is 0 Å². The van der Waals surface area contributed by atoms with E-state index in [1.54, 1.807) is 18.5 Å². The lowest BCUT2D eigenvalue weighted by atomic mass is 10.1. The molecular formula is C22H30N8O. The zero-order valence-corrected chi connectivity index (χ0v) is 18.6. The second kappa shape index (κ2) is 8.89. The lowest BCUT2D eigenvalue weighted by Crippen LogP contribution is -2.43. The summed E-state index contributed by atoms with van der Waals surface area (Å²) in [6.45, 7) is 8.83. The summed E-state index contributed by atoms with van der Waals surface area (Å²) in [5, 5.41) is 18.3. The van der Waals surface area contributed by atoms with Gasteiger partial charge in [-0.05, 0) is 52.8 Å². The Morgan fingerprint density at radius 3 is 2.74 bits per heavy atom. The molecule has 1 aliphatic rings. The number of aromatic amines is 1. The van der Waals surface area contributed by atoms with E-state index in [0.717, 1.165) is 55.1 Å². The molecule has 0 unspecified atom stereocenters. The fourth-order valence-electron chi connectivity index (χ4n) is 3.84. The number of aliphatic imine (C=N–C) groups is 1. The number of aromatic hydroxyl groups is 1. The van der Waals surface area contributed by atoms with Crippen LogP contribution < -0.4 is 5.32 Å². The molecule has 1 saturated heterocycles. The minimum Gasteiger partial charge on any atom is -0.506 e. The largest absolute Gasteiger partial charge is 0.506 e. The van der Waals surface area contributed by atoms with Crippen LogP contribution >= 0.6 is 0 Å². The van der Waals surface area contributed by atoms with Gasteiger partial charge in [0.15, 0.2) is 11.6 Å². The summed E-state index contributed by atoms with van der Waals surface area (Å²) in [4.78, 5) is 19.3. The first-order valence-corrected chi connectivity index (χ1v) is 10.7. The van der Waals surface area contributed by atoms with E-state index in [-0.39, 0.29) is 5.75 Å². The first-order valence-electron chi connectivity index (χ1n) is 10.7. The van der Waals surface area contributed by atoms with Gasteiger partial charge < -0.3 is 20.3 Å². The third-order valence-corrected chi connectivity index (χ3v) is 5.88. The molecule has 0 amide bonds. The third kappa shape index (κ3) is 4.46. The van der Waals surface area contributed by atoms with Gasteiger partial charge in [-0.2, -0.15) is 5.10 Å². The third-order valence-electron chi connectivity index (χ3n) is 5.88. The molecule has 9 heteroatoms. The maximum absolute atomic E-state index is 10.6. The van der Waals surface area contributed by atoms with Gasteiger partial charge in [0.25, 0.3) is 0 Å². The Balaban J connectivity index is 1.56. The first-order chi connectivity index (χ1) is 15.0. The normalized spacial score (nSPS) is 15.4. The second-order valence-corrected chi connectivity index (χ2v) is 7.96. The molecule has 3 aromatic heterocycles. The van der Waals surface area contributed by atoms with Crippen LogP contribution in [-0.2, 0) is 6.54 Å². The molecule has 3 aromatic rings. The topological polar surface area (TPSA) is 107 Å². The number of piperidine rings is 1. The monoisotopic (exact) mass is 422 g/mol. The van der Waals surface area contributed by atoms with Crippen molar-refractivity contribution in [2.75, 3.05) is 20.1 Å². The molecule has 0 aliphatic carbocycles. The van der Waals surface area contributed by atoms with Crippen LogP contribution in [-0.4, -0.2) is 66.8 Å². The van der Waals surface area contributed by atoms with Gasteiger partial charge >= 0.3 is 0 Å². The van der Waals surface area contributed by atoms with Crippen molar-refractivity contribution in [3.63, 3.8) is 0 Å². The van der Waals surface area contributed by atoms with Gasteiger partial charge in [-0.25, -0.2) is 15.0 Å². The number of aromatic nitrogens is 5. The molecule has 0 saturated carbocycles. The Morgan fingerprint density at radius 1 is 1.29 bits per heavy atom. The molecule has 4 rings (SSSR count). The molecule has 0 spiro atoms. The predicted octanol–water partition coefficient (Wildman–Crippen LogP) is 3.10. The van der Waals surface area contributed by atoms with Crippen LogP contribution in [0, 0.1) is 6.92 Å². The summed E-state index contributed by atoms with van der Waals surface area (Å²) in [6.07, 6.45) is 7.64. The molecule has 0 aromatic carbocycles. The van der Waals surface area contributed by atoms with Crippen LogP contribution in [0.1, 0.15) is 32.4 Å². The Labute approximate surface area is 182 Å². The number of pyridine rings is 1. The van der Waals surface area contributed by atoms with Crippen LogP contribution in [0.3, 0.4) is 0 Å². The van der Waals surface area contributed by atoms with E-state index in [9.17, 15) is 5.11 Å². The number of aryl methyl sites for hydroxylation is 2. The summed E-state index contributed by atoms with van der Waals surface area (Å²) in [5.74, 6) is 2.10. The molecule has 1 aliphatic heterocycles. The van der Waals surface area contributed by atoms with Gasteiger partial charge in [0.2, 0.25) is 0 Å². The number of H-pyrrole nitrogens is 1. The molecule has 31 heavy (non-hydrogen) atoms. The van der Waals surface area contributed by atoms with Gasteiger partial charge in [-0.3, -0.25) is 4.68 Å².